The molecule has 114 valence electrons. The lowest BCUT2D eigenvalue weighted by molar-refractivity contribution is 0.0958. The summed E-state index contributed by atoms with van der Waals surface area (Å²) < 4.78 is 3.33. The SMILES string of the molecule is CC(C)n1cc2cc(C(=O)NCCc3cccnc3)sc2c1. The van der Waals surface area contributed by atoms with Crippen molar-refractivity contribution in [2.24, 2.45) is 0 Å². The van der Waals surface area contributed by atoms with Crippen LogP contribution in [0.4, 0.5) is 0 Å². The zero-order valence-corrected chi connectivity index (χ0v) is 13.6. The summed E-state index contributed by atoms with van der Waals surface area (Å²) in [6.45, 7) is 4.92. The van der Waals surface area contributed by atoms with Gasteiger partial charge in [0, 0.05) is 42.8 Å². The molecule has 5 heteroatoms. The Morgan fingerprint density at radius 3 is 2.95 bits per heavy atom. The molecule has 4 nitrogen and oxygen atoms in total. The number of aromatic nitrogens is 2. The summed E-state index contributed by atoms with van der Waals surface area (Å²) in [5.41, 5.74) is 1.13. The Labute approximate surface area is 133 Å². The molecule has 0 spiro atoms. The number of nitrogens with one attached hydrogen (secondary N) is 1. The van der Waals surface area contributed by atoms with Crippen LogP contribution in [0.5, 0.6) is 0 Å². The van der Waals surface area contributed by atoms with E-state index in [1.54, 1.807) is 17.5 Å². The topological polar surface area (TPSA) is 46.9 Å². The lowest BCUT2D eigenvalue weighted by atomic mass is 10.2. The van der Waals surface area contributed by atoms with Gasteiger partial charge in [0.05, 0.1) is 9.58 Å². The van der Waals surface area contributed by atoms with Crippen molar-refractivity contribution in [1.29, 1.82) is 0 Å². The Balaban J connectivity index is 1.61. The predicted octanol–water partition coefficient (Wildman–Crippen LogP) is 3.65. The summed E-state index contributed by atoms with van der Waals surface area (Å²) in [5.74, 6) is 0.00110. The molecule has 3 heterocycles. The molecule has 0 radical (unpaired) electrons. The molecule has 0 saturated carbocycles. The fourth-order valence-corrected chi connectivity index (χ4v) is 3.31. The molecule has 0 fully saturated rings. The fourth-order valence-electron chi connectivity index (χ4n) is 2.32. The normalized spacial score (nSPS) is 11.2. The van der Waals surface area contributed by atoms with Gasteiger partial charge in [-0.2, -0.15) is 0 Å². The van der Waals surface area contributed by atoms with Crippen molar-refractivity contribution in [3.8, 4) is 0 Å². The van der Waals surface area contributed by atoms with Crippen LogP contribution in [0.1, 0.15) is 35.1 Å². The van der Waals surface area contributed by atoms with Gasteiger partial charge in [-0.3, -0.25) is 9.78 Å². The largest absolute Gasteiger partial charge is 0.351 e. The highest BCUT2D eigenvalue weighted by molar-refractivity contribution is 7.20. The minimum atomic E-state index is 0.00110. The van der Waals surface area contributed by atoms with Gasteiger partial charge in [-0.15, -0.1) is 11.3 Å². The highest BCUT2D eigenvalue weighted by Crippen LogP contribution is 2.27. The number of hydrogen-bond donors (Lipinski definition) is 1. The van der Waals surface area contributed by atoms with Gasteiger partial charge >= 0.3 is 0 Å². The molecule has 0 unspecified atom stereocenters. The minimum Gasteiger partial charge on any atom is -0.351 e. The first-order valence-corrected chi connectivity index (χ1v) is 8.23. The van der Waals surface area contributed by atoms with E-state index in [9.17, 15) is 4.79 Å². The Morgan fingerprint density at radius 1 is 1.41 bits per heavy atom. The average molecular weight is 313 g/mol. The van der Waals surface area contributed by atoms with Crippen molar-refractivity contribution in [3.05, 3.63) is 53.4 Å². The van der Waals surface area contributed by atoms with Gasteiger partial charge in [0.25, 0.3) is 5.91 Å². The quantitative estimate of drug-likeness (QED) is 0.781. The maximum atomic E-state index is 12.2. The van der Waals surface area contributed by atoms with E-state index in [-0.39, 0.29) is 5.91 Å². The van der Waals surface area contributed by atoms with Gasteiger partial charge in [-0.25, -0.2) is 0 Å². The lowest BCUT2D eigenvalue weighted by Gasteiger charge is -2.05. The van der Waals surface area contributed by atoms with Gasteiger partial charge in [0.15, 0.2) is 0 Å². The molecule has 0 atom stereocenters. The number of hydrogen-bond acceptors (Lipinski definition) is 3. The van der Waals surface area contributed by atoms with Crippen LogP contribution in [-0.4, -0.2) is 22.0 Å². The summed E-state index contributed by atoms with van der Waals surface area (Å²) in [7, 11) is 0. The minimum absolute atomic E-state index is 0.00110. The van der Waals surface area contributed by atoms with Crippen LogP contribution in [0.3, 0.4) is 0 Å². The molecule has 0 bridgehead atoms. The van der Waals surface area contributed by atoms with Gasteiger partial charge < -0.3 is 9.88 Å². The Hall–Kier alpha value is -2.14. The number of carbonyl (C=O) groups excluding carboxylic acids is 1. The van der Waals surface area contributed by atoms with Crippen LogP contribution in [0.15, 0.2) is 43.0 Å². The first-order chi connectivity index (χ1) is 10.6. The average Bonchev–Trinajstić information content (AvgIpc) is 3.06. The third-order valence-electron chi connectivity index (χ3n) is 3.59. The first-order valence-electron chi connectivity index (χ1n) is 7.41. The third-order valence-corrected chi connectivity index (χ3v) is 4.67. The van der Waals surface area contributed by atoms with E-state index in [4.69, 9.17) is 0 Å². The molecular weight excluding hydrogens is 294 g/mol. The molecule has 22 heavy (non-hydrogen) atoms. The molecule has 0 aliphatic heterocycles. The highest BCUT2D eigenvalue weighted by Gasteiger charge is 2.12. The summed E-state index contributed by atoms with van der Waals surface area (Å²) in [6, 6.07) is 6.34. The van der Waals surface area contributed by atoms with Crippen molar-refractivity contribution in [2.75, 3.05) is 6.54 Å². The van der Waals surface area contributed by atoms with Gasteiger partial charge in [-0.1, -0.05) is 6.07 Å². The second kappa shape index (κ2) is 6.32. The molecule has 0 aromatic carbocycles. The number of pyridine rings is 1. The molecule has 3 aromatic heterocycles. The highest BCUT2D eigenvalue weighted by atomic mass is 32.1. The maximum absolute atomic E-state index is 12.2. The zero-order valence-electron chi connectivity index (χ0n) is 12.7. The predicted molar refractivity (Wildman–Crippen MR) is 90.5 cm³/mol. The van der Waals surface area contributed by atoms with E-state index < -0.39 is 0 Å². The summed E-state index contributed by atoms with van der Waals surface area (Å²) in [4.78, 5) is 17.0. The van der Waals surface area contributed by atoms with Crippen molar-refractivity contribution < 1.29 is 4.79 Å². The first kappa shape index (κ1) is 14.8. The molecule has 3 rings (SSSR count). The Bertz CT molecular complexity index is 742. The number of rotatable bonds is 5. The fraction of sp³-hybridized carbons (Fsp3) is 0.294. The van der Waals surface area contributed by atoms with E-state index in [1.807, 2.05) is 24.4 Å². The van der Waals surface area contributed by atoms with Crippen LogP contribution >= 0.6 is 11.3 Å². The van der Waals surface area contributed by atoms with E-state index in [1.165, 1.54) is 0 Å². The second-order valence-corrected chi connectivity index (χ2v) is 6.68. The second-order valence-electron chi connectivity index (χ2n) is 5.60. The van der Waals surface area contributed by atoms with Crippen LogP contribution in [0, 0.1) is 0 Å². The maximum Gasteiger partial charge on any atom is 0.261 e. The van der Waals surface area contributed by atoms with Crippen molar-refractivity contribution >= 4 is 27.3 Å². The molecule has 3 aromatic rings. The van der Waals surface area contributed by atoms with Crippen LogP contribution < -0.4 is 5.32 Å². The number of amides is 1. The number of thiophene rings is 1. The molecule has 1 amide bonds. The van der Waals surface area contributed by atoms with Crippen LogP contribution in [0.25, 0.3) is 10.1 Å². The third kappa shape index (κ3) is 3.20. The number of fused-ring (bicyclic) bond motifs is 1. The lowest BCUT2D eigenvalue weighted by Crippen LogP contribution is -2.24. The smallest absolute Gasteiger partial charge is 0.261 e. The van der Waals surface area contributed by atoms with Crippen LogP contribution in [-0.2, 0) is 6.42 Å². The van der Waals surface area contributed by atoms with Gasteiger partial charge in [0.2, 0.25) is 0 Å². The van der Waals surface area contributed by atoms with Gasteiger partial charge in [0.1, 0.15) is 0 Å². The van der Waals surface area contributed by atoms with Crippen LogP contribution in [0.2, 0.25) is 0 Å². The molecule has 0 aliphatic rings. The van der Waals surface area contributed by atoms with Crippen molar-refractivity contribution in [2.45, 2.75) is 26.3 Å². The van der Waals surface area contributed by atoms with E-state index in [0.29, 0.717) is 12.6 Å². The monoisotopic (exact) mass is 313 g/mol. The summed E-state index contributed by atoms with van der Waals surface area (Å²) >= 11 is 1.54. The van der Waals surface area contributed by atoms with E-state index in [2.05, 4.69) is 41.1 Å². The summed E-state index contributed by atoms with van der Waals surface area (Å²) in [5, 5.41) is 4.11. The molecule has 1 N–H and O–H groups in total. The van der Waals surface area contributed by atoms with E-state index >= 15 is 0 Å². The molecular formula is C17H19N3OS. The molecule has 0 saturated heterocycles. The van der Waals surface area contributed by atoms with Crippen molar-refractivity contribution in [1.82, 2.24) is 14.9 Å². The number of nitrogens with zero attached hydrogens (tertiary/aromatic N) is 2. The summed E-state index contributed by atoms with van der Waals surface area (Å²) in [6.07, 6.45) is 8.59. The Kier molecular flexibility index (Phi) is 4.24. The van der Waals surface area contributed by atoms with E-state index in [0.717, 1.165) is 26.9 Å². The van der Waals surface area contributed by atoms with Gasteiger partial charge in [-0.05, 0) is 38.0 Å². The standard InChI is InChI=1S/C17H19N3OS/c1-12(2)20-10-14-8-15(22-16(14)11-20)17(21)19-7-5-13-4-3-6-18-9-13/h3-4,6,8-12H,5,7H2,1-2H3,(H,19,21). The zero-order chi connectivity index (χ0) is 15.5. The number of carbonyl (C=O) groups is 1. The molecule has 0 aliphatic carbocycles. The van der Waals surface area contributed by atoms with Crippen molar-refractivity contribution in [3.63, 3.8) is 0 Å². The Morgan fingerprint density at radius 2 is 2.27 bits per heavy atom.